The van der Waals surface area contributed by atoms with Gasteiger partial charge in [-0.1, -0.05) is 0 Å². The Kier molecular flexibility index (Phi) is 5.89. The second-order valence-corrected chi connectivity index (χ2v) is 5.58. The van der Waals surface area contributed by atoms with E-state index < -0.39 is 0 Å². The van der Waals surface area contributed by atoms with Gasteiger partial charge in [-0.15, -0.1) is 12.4 Å². The molecule has 18 heavy (non-hydrogen) atoms. The summed E-state index contributed by atoms with van der Waals surface area (Å²) in [6, 6.07) is 1.89. The van der Waals surface area contributed by atoms with Gasteiger partial charge in [-0.05, 0) is 40.2 Å². The van der Waals surface area contributed by atoms with Crippen LogP contribution < -0.4 is 5.32 Å². The molecule has 2 bridgehead atoms. The van der Waals surface area contributed by atoms with Gasteiger partial charge in [0.15, 0.2) is 0 Å². The maximum absolute atomic E-state index is 11.9. The molecule has 0 aromatic heterocycles. The molecule has 0 aromatic rings. The zero-order valence-electron chi connectivity index (χ0n) is 11.7. The number of nitrogens with one attached hydrogen (secondary N) is 1. The zero-order valence-corrected chi connectivity index (χ0v) is 12.5. The van der Waals surface area contributed by atoms with Crippen molar-refractivity contribution >= 4 is 18.3 Å². The van der Waals surface area contributed by atoms with Crippen molar-refractivity contribution in [3.63, 3.8) is 0 Å². The SMILES string of the molecule is CNCC(=O)N1CCC2CCC(C1)N2C(C)C.Cl. The van der Waals surface area contributed by atoms with E-state index in [9.17, 15) is 4.79 Å². The molecule has 0 aliphatic carbocycles. The summed E-state index contributed by atoms with van der Waals surface area (Å²) in [6.07, 6.45) is 3.72. The third kappa shape index (κ3) is 3.16. The Hall–Kier alpha value is -0.320. The van der Waals surface area contributed by atoms with Gasteiger partial charge >= 0.3 is 0 Å². The van der Waals surface area contributed by atoms with Gasteiger partial charge in [0.2, 0.25) is 5.91 Å². The molecule has 4 nitrogen and oxygen atoms in total. The standard InChI is InChI=1S/C13H25N3O.ClH/c1-10(2)16-11-4-5-12(16)9-15(7-6-11)13(17)8-14-3;/h10-12,14H,4-9H2,1-3H3;1H. The molecule has 2 heterocycles. The van der Waals surface area contributed by atoms with Gasteiger partial charge in [-0.2, -0.15) is 0 Å². The van der Waals surface area contributed by atoms with Crippen molar-refractivity contribution in [2.75, 3.05) is 26.7 Å². The van der Waals surface area contributed by atoms with E-state index >= 15 is 0 Å². The number of fused-ring (bicyclic) bond motifs is 2. The lowest BCUT2D eigenvalue weighted by molar-refractivity contribution is -0.130. The number of halogens is 1. The minimum Gasteiger partial charge on any atom is -0.340 e. The maximum Gasteiger partial charge on any atom is 0.236 e. The monoisotopic (exact) mass is 275 g/mol. The topological polar surface area (TPSA) is 35.6 Å². The molecular formula is C13H26ClN3O. The van der Waals surface area contributed by atoms with Gasteiger partial charge in [-0.3, -0.25) is 9.69 Å². The van der Waals surface area contributed by atoms with Crippen LogP contribution in [-0.2, 0) is 4.79 Å². The molecule has 1 N–H and O–H groups in total. The van der Waals surface area contributed by atoms with E-state index in [1.807, 2.05) is 7.05 Å². The van der Waals surface area contributed by atoms with E-state index in [4.69, 9.17) is 0 Å². The number of carbonyl (C=O) groups excluding carboxylic acids is 1. The molecule has 2 saturated heterocycles. The number of likely N-dealkylation sites (tertiary alicyclic amines) is 1. The van der Waals surface area contributed by atoms with Crippen LogP contribution in [0.2, 0.25) is 0 Å². The van der Waals surface area contributed by atoms with Crippen molar-refractivity contribution in [3.05, 3.63) is 0 Å². The van der Waals surface area contributed by atoms with Gasteiger partial charge in [0, 0.05) is 31.2 Å². The highest BCUT2D eigenvalue weighted by atomic mass is 35.5. The first-order valence-electron chi connectivity index (χ1n) is 6.83. The van der Waals surface area contributed by atoms with Crippen molar-refractivity contribution in [3.8, 4) is 0 Å². The number of likely N-dealkylation sites (N-methyl/N-ethyl adjacent to an activating group) is 1. The third-order valence-corrected chi connectivity index (χ3v) is 4.12. The summed E-state index contributed by atoms with van der Waals surface area (Å²) < 4.78 is 0. The molecule has 0 saturated carbocycles. The van der Waals surface area contributed by atoms with Crippen LogP contribution in [0.1, 0.15) is 33.1 Å². The van der Waals surface area contributed by atoms with Crippen molar-refractivity contribution < 1.29 is 4.79 Å². The average molecular weight is 276 g/mol. The van der Waals surface area contributed by atoms with Crippen LogP contribution in [0.3, 0.4) is 0 Å². The number of nitrogens with zero attached hydrogens (tertiary/aromatic N) is 2. The number of hydrogen-bond acceptors (Lipinski definition) is 3. The highest BCUT2D eigenvalue weighted by Crippen LogP contribution is 2.31. The summed E-state index contributed by atoms with van der Waals surface area (Å²) in [5.74, 6) is 0.253. The van der Waals surface area contributed by atoms with E-state index in [-0.39, 0.29) is 18.3 Å². The fraction of sp³-hybridized carbons (Fsp3) is 0.923. The second kappa shape index (κ2) is 6.73. The van der Waals surface area contributed by atoms with Crippen LogP contribution in [-0.4, -0.2) is 60.5 Å². The number of hydrogen-bond donors (Lipinski definition) is 1. The van der Waals surface area contributed by atoms with Gasteiger partial charge in [-0.25, -0.2) is 0 Å². The summed E-state index contributed by atoms with van der Waals surface area (Å²) in [4.78, 5) is 16.6. The Morgan fingerprint density at radius 1 is 1.28 bits per heavy atom. The normalized spacial score (nSPS) is 28.1. The highest BCUT2D eigenvalue weighted by molar-refractivity contribution is 5.85. The summed E-state index contributed by atoms with van der Waals surface area (Å²) in [7, 11) is 1.84. The fourth-order valence-electron chi connectivity index (χ4n) is 3.44. The van der Waals surface area contributed by atoms with Gasteiger partial charge in [0.25, 0.3) is 0 Å². The summed E-state index contributed by atoms with van der Waals surface area (Å²) in [5, 5.41) is 2.96. The van der Waals surface area contributed by atoms with Crippen LogP contribution in [0.15, 0.2) is 0 Å². The summed E-state index contributed by atoms with van der Waals surface area (Å²) in [5.41, 5.74) is 0. The molecule has 2 rings (SSSR count). The van der Waals surface area contributed by atoms with E-state index in [2.05, 4.69) is 29.0 Å². The summed E-state index contributed by atoms with van der Waals surface area (Å²) >= 11 is 0. The largest absolute Gasteiger partial charge is 0.340 e. The van der Waals surface area contributed by atoms with Crippen LogP contribution in [0, 0.1) is 0 Å². The first-order valence-corrected chi connectivity index (χ1v) is 6.83. The minimum absolute atomic E-state index is 0. The van der Waals surface area contributed by atoms with Crippen molar-refractivity contribution in [1.29, 1.82) is 0 Å². The molecule has 0 aromatic carbocycles. The first-order chi connectivity index (χ1) is 8.13. The Morgan fingerprint density at radius 2 is 1.94 bits per heavy atom. The molecule has 0 spiro atoms. The van der Waals surface area contributed by atoms with Crippen LogP contribution in [0.25, 0.3) is 0 Å². The molecule has 1 amide bonds. The van der Waals surface area contributed by atoms with Gasteiger partial charge in [0.05, 0.1) is 6.54 Å². The summed E-state index contributed by atoms with van der Waals surface area (Å²) in [6.45, 7) is 6.88. The predicted octanol–water partition coefficient (Wildman–Crippen LogP) is 1.10. The smallest absolute Gasteiger partial charge is 0.236 e. The Morgan fingerprint density at radius 3 is 2.56 bits per heavy atom. The number of amides is 1. The Labute approximate surface area is 116 Å². The third-order valence-electron chi connectivity index (χ3n) is 4.12. The van der Waals surface area contributed by atoms with Crippen molar-refractivity contribution in [2.24, 2.45) is 0 Å². The predicted molar refractivity (Wildman–Crippen MR) is 76.2 cm³/mol. The lowest BCUT2D eigenvalue weighted by Crippen LogP contribution is -2.45. The average Bonchev–Trinajstić information content (AvgIpc) is 2.53. The van der Waals surface area contributed by atoms with E-state index in [0.717, 1.165) is 19.5 Å². The van der Waals surface area contributed by atoms with Crippen LogP contribution in [0.5, 0.6) is 0 Å². The molecule has 5 heteroatoms. The molecule has 2 aliphatic rings. The fourth-order valence-corrected chi connectivity index (χ4v) is 3.44. The number of rotatable bonds is 3. The van der Waals surface area contributed by atoms with Gasteiger partial charge in [0.1, 0.15) is 0 Å². The Bertz CT molecular complexity index is 285. The van der Waals surface area contributed by atoms with E-state index in [1.165, 1.54) is 12.8 Å². The quantitative estimate of drug-likeness (QED) is 0.838. The molecule has 106 valence electrons. The Balaban J connectivity index is 0.00000162. The van der Waals surface area contributed by atoms with E-state index in [1.54, 1.807) is 0 Å². The molecule has 2 fully saturated rings. The van der Waals surface area contributed by atoms with Crippen LogP contribution >= 0.6 is 12.4 Å². The van der Waals surface area contributed by atoms with Crippen LogP contribution in [0.4, 0.5) is 0 Å². The molecule has 0 radical (unpaired) electrons. The lowest BCUT2D eigenvalue weighted by atomic mass is 10.1. The second-order valence-electron chi connectivity index (χ2n) is 5.58. The van der Waals surface area contributed by atoms with Crippen molar-refractivity contribution in [2.45, 2.75) is 51.2 Å². The molecule has 2 atom stereocenters. The van der Waals surface area contributed by atoms with Crippen molar-refractivity contribution in [1.82, 2.24) is 15.1 Å². The zero-order chi connectivity index (χ0) is 12.4. The molecule has 2 unspecified atom stereocenters. The lowest BCUT2D eigenvalue weighted by Gasteiger charge is -2.32. The molecule has 2 aliphatic heterocycles. The van der Waals surface area contributed by atoms with Gasteiger partial charge < -0.3 is 10.2 Å². The minimum atomic E-state index is 0. The number of carbonyl (C=O) groups is 1. The first kappa shape index (κ1) is 15.7. The highest BCUT2D eigenvalue weighted by Gasteiger charge is 2.39. The van der Waals surface area contributed by atoms with E-state index in [0.29, 0.717) is 24.7 Å². The molecular weight excluding hydrogens is 250 g/mol. The maximum atomic E-state index is 11.9.